The Kier molecular flexibility index (Phi) is 3.90. The van der Waals surface area contributed by atoms with E-state index in [0.717, 1.165) is 37.2 Å². The Balaban J connectivity index is 1.52. The summed E-state index contributed by atoms with van der Waals surface area (Å²) in [5, 5.41) is 7.00. The fourth-order valence-electron chi connectivity index (χ4n) is 2.91. The molecule has 0 unspecified atom stereocenters. The van der Waals surface area contributed by atoms with Crippen LogP contribution in [0.5, 0.6) is 0 Å². The highest BCUT2D eigenvalue weighted by atomic mass is 19.1. The number of aromatic nitrogens is 2. The zero-order valence-electron chi connectivity index (χ0n) is 13.0. The quantitative estimate of drug-likeness (QED) is 0.770. The number of nitrogens with zero attached hydrogens (tertiary/aromatic N) is 3. The number of rotatable bonds is 5. The molecule has 124 valence electrons. The molecule has 1 saturated heterocycles. The van der Waals surface area contributed by atoms with Gasteiger partial charge < -0.3 is 19.2 Å². The first-order valence-electron chi connectivity index (χ1n) is 7.94. The van der Waals surface area contributed by atoms with Crippen molar-refractivity contribution in [1.29, 1.82) is 0 Å². The van der Waals surface area contributed by atoms with Crippen LogP contribution in [-0.4, -0.2) is 23.2 Å². The van der Waals surface area contributed by atoms with Gasteiger partial charge in [0, 0.05) is 13.1 Å². The summed E-state index contributed by atoms with van der Waals surface area (Å²) in [6, 6.07) is 6.87. The van der Waals surface area contributed by atoms with Gasteiger partial charge >= 0.3 is 0 Å². The highest BCUT2D eigenvalue weighted by Gasteiger charge is 2.19. The van der Waals surface area contributed by atoms with Crippen molar-refractivity contribution < 1.29 is 13.3 Å². The molecule has 0 radical (unpaired) electrons. The van der Waals surface area contributed by atoms with Gasteiger partial charge in [0.15, 0.2) is 0 Å². The normalized spacial score (nSPS) is 14.3. The SMILES string of the molecule is Fc1cccc(N2CCCC2)c1NCc1nc(-c2ccoc2)no1. The average molecular weight is 328 g/mol. The molecule has 0 atom stereocenters. The van der Waals surface area contributed by atoms with E-state index in [1.807, 2.05) is 6.07 Å². The van der Waals surface area contributed by atoms with Crippen LogP contribution in [0.25, 0.3) is 11.4 Å². The van der Waals surface area contributed by atoms with Crippen LogP contribution in [0.1, 0.15) is 18.7 Å². The van der Waals surface area contributed by atoms with Crippen molar-refractivity contribution in [3.8, 4) is 11.4 Å². The number of nitrogens with one attached hydrogen (secondary N) is 1. The van der Waals surface area contributed by atoms with Crippen LogP contribution in [0.2, 0.25) is 0 Å². The molecule has 1 N–H and O–H groups in total. The second-order valence-electron chi connectivity index (χ2n) is 5.71. The number of anilines is 2. The Labute approximate surface area is 138 Å². The molecule has 7 heteroatoms. The maximum absolute atomic E-state index is 14.3. The lowest BCUT2D eigenvalue weighted by Gasteiger charge is -2.22. The second kappa shape index (κ2) is 6.35. The maximum atomic E-state index is 14.3. The van der Waals surface area contributed by atoms with Crippen LogP contribution < -0.4 is 10.2 Å². The lowest BCUT2D eigenvalue weighted by Crippen LogP contribution is -2.20. The van der Waals surface area contributed by atoms with Crippen LogP contribution in [-0.2, 0) is 6.54 Å². The maximum Gasteiger partial charge on any atom is 0.246 e. The fourth-order valence-corrected chi connectivity index (χ4v) is 2.91. The van der Waals surface area contributed by atoms with E-state index in [-0.39, 0.29) is 12.4 Å². The Morgan fingerprint density at radius 3 is 2.88 bits per heavy atom. The zero-order chi connectivity index (χ0) is 16.4. The largest absolute Gasteiger partial charge is 0.472 e. The van der Waals surface area contributed by atoms with Gasteiger partial charge in [-0.3, -0.25) is 0 Å². The first-order chi connectivity index (χ1) is 11.8. The Morgan fingerprint density at radius 2 is 2.08 bits per heavy atom. The van der Waals surface area contributed by atoms with Gasteiger partial charge in [0.1, 0.15) is 12.1 Å². The van der Waals surface area contributed by atoms with Crippen molar-refractivity contribution in [1.82, 2.24) is 10.1 Å². The summed E-state index contributed by atoms with van der Waals surface area (Å²) in [6.07, 6.45) is 5.36. The molecule has 4 rings (SSSR count). The molecule has 6 nitrogen and oxygen atoms in total. The van der Waals surface area contributed by atoms with E-state index in [1.54, 1.807) is 24.7 Å². The summed E-state index contributed by atoms with van der Waals surface area (Å²) in [4.78, 5) is 6.48. The molecule has 3 heterocycles. The van der Waals surface area contributed by atoms with Crippen LogP contribution >= 0.6 is 0 Å². The van der Waals surface area contributed by atoms with Crippen LogP contribution in [0, 0.1) is 5.82 Å². The van der Waals surface area contributed by atoms with Gasteiger partial charge in [-0.15, -0.1) is 0 Å². The summed E-state index contributed by atoms with van der Waals surface area (Å²) >= 11 is 0. The minimum atomic E-state index is -0.283. The topological polar surface area (TPSA) is 67.3 Å². The van der Waals surface area contributed by atoms with Gasteiger partial charge in [0.2, 0.25) is 11.7 Å². The smallest absolute Gasteiger partial charge is 0.246 e. The predicted octanol–water partition coefficient (Wildman–Crippen LogP) is 3.68. The van der Waals surface area contributed by atoms with E-state index >= 15 is 0 Å². The first kappa shape index (κ1) is 14.7. The van der Waals surface area contributed by atoms with Crippen LogP contribution in [0.3, 0.4) is 0 Å². The Bertz CT molecular complexity index is 810. The van der Waals surface area contributed by atoms with Crippen LogP contribution in [0.4, 0.5) is 15.8 Å². The lowest BCUT2D eigenvalue weighted by molar-refractivity contribution is 0.384. The van der Waals surface area contributed by atoms with Gasteiger partial charge in [-0.05, 0) is 31.0 Å². The van der Waals surface area contributed by atoms with E-state index in [9.17, 15) is 4.39 Å². The molecular formula is C17H17FN4O2. The molecule has 0 saturated carbocycles. The van der Waals surface area contributed by atoms with Crippen molar-refractivity contribution in [2.24, 2.45) is 0 Å². The predicted molar refractivity (Wildman–Crippen MR) is 87.2 cm³/mol. The lowest BCUT2D eigenvalue weighted by atomic mass is 10.2. The molecule has 24 heavy (non-hydrogen) atoms. The molecule has 1 aliphatic rings. The second-order valence-corrected chi connectivity index (χ2v) is 5.71. The molecule has 1 aliphatic heterocycles. The Morgan fingerprint density at radius 1 is 1.21 bits per heavy atom. The van der Waals surface area contributed by atoms with E-state index in [4.69, 9.17) is 8.94 Å². The minimum absolute atomic E-state index is 0.257. The standard InChI is InChI=1S/C17H17FN4O2/c18-13-4-3-5-14(22-7-1-2-8-22)16(13)19-10-15-20-17(21-24-15)12-6-9-23-11-12/h3-6,9,11,19H,1-2,7-8,10H2. The monoisotopic (exact) mass is 328 g/mol. The Hall–Kier alpha value is -2.83. The molecule has 1 fully saturated rings. The van der Waals surface area contributed by atoms with Gasteiger partial charge in [0.25, 0.3) is 0 Å². The summed E-state index contributed by atoms with van der Waals surface area (Å²) in [5.74, 6) is 0.560. The summed E-state index contributed by atoms with van der Waals surface area (Å²) in [5.41, 5.74) is 2.10. The minimum Gasteiger partial charge on any atom is -0.472 e. The van der Waals surface area contributed by atoms with Crippen molar-refractivity contribution >= 4 is 11.4 Å². The van der Waals surface area contributed by atoms with E-state index < -0.39 is 0 Å². The molecule has 0 aliphatic carbocycles. The van der Waals surface area contributed by atoms with E-state index in [1.165, 1.54) is 6.07 Å². The summed E-state index contributed by atoms with van der Waals surface area (Å²) in [6.45, 7) is 2.15. The van der Waals surface area contributed by atoms with Gasteiger partial charge in [-0.25, -0.2) is 4.39 Å². The van der Waals surface area contributed by atoms with Gasteiger partial charge in [-0.1, -0.05) is 11.2 Å². The van der Waals surface area contributed by atoms with Gasteiger partial charge in [0.05, 0.1) is 29.7 Å². The van der Waals surface area contributed by atoms with Crippen molar-refractivity contribution in [2.45, 2.75) is 19.4 Å². The molecule has 0 bridgehead atoms. The zero-order valence-corrected chi connectivity index (χ0v) is 13.0. The molecular weight excluding hydrogens is 311 g/mol. The highest BCUT2D eigenvalue weighted by molar-refractivity contribution is 5.71. The summed E-state index contributed by atoms with van der Waals surface area (Å²) < 4.78 is 24.5. The number of hydrogen-bond donors (Lipinski definition) is 1. The third kappa shape index (κ3) is 2.84. The molecule has 0 spiro atoms. The molecule has 3 aromatic rings. The van der Waals surface area contributed by atoms with Gasteiger partial charge in [-0.2, -0.15) is 4.98 Å². The number of furan rings is 1. The first-order valence-corrected chi connectivity index (χ1v) is 7.94. The van der Waals surface area contributed by atoms with Crippen molar-refractivity contribution in [3.63, 3.8) is 0 Å². The fraction of sp³-hybridized carbons (Fsp3) is 0.294. The third-order valence-corrected chi connectivity index (χ3v) is 4.10. The number of para-hydroxylation sites is 1. The third-order valence-electron chi connectivity index (χ3n) is 4.10. The van der Waals surface area contributed by atoms with E-state index in [0.29, 0.717) is 17.4 Å². The van der Waals surface area contributed by atoms with E-state index in [2.05, 4.69) is 20.4 Å². The van der Waals surface area contributed by atoms with Crippen molar-refractivity contribution in [3.05, 3.63) is 48.5 Å². The summed E-state index contributed by atoms with van der Waals surface area (Å²) in [7, 11) is 0. The number of benzene rings is 1. The van der Waals surface area contributed by atoms with Crippen molar-refractivity contribution in [2.75, 3.05) is 23.3 Å². The highest BCUT2D eigenvalue weighted by Crippen LogP contribution is 2.31. The molecule has 2 aromatic heterocycles. The van der Waals surface area contributed by atoms with Crippen LogP contribution in [0.15, 0.2) is 45.7 Å². The molecule has 0 amide bonds. The number of hydrogen-bond acceptors (Lipinski definition) is 6. The molecule has 1 aromatic carbocycles. The average Bonchev–Trinajstić information content (AvgIpc) is 3.33. The number of halogens is 1.